The molecule has 0 N–H and O–H groups in total. The van der Waals surface area contributed by atoms with Crippen LogP contribution in [-0.4, -0.2) is 27.5 Å². The Hall–Kier alpha value is -0.353. The Morgan fingerprint density at radius 3 is 1.48 bits per heavy atom. The van der Waals surface area contributed by atoms with Gasteiger partial charge in [0.25, 0.3) is 0 Å². The van der Waals surface area contributed by atoms with Crippen LogP contribution < -0.4 is 0 Å². The van der Waals surface area contributed by atoms with Gasteiger partial charge in [0.05, 0.1) is 19.6 Å². The molecule has 0 aliphatic rings. The number of hydrogen-bond donors (Lipinski definition) is 0. The van der Waals surface area contributed by atoms with Crippen molar-refractivity contribution < 1.29 is 14.0 Å². The molecule has 0 aliphatic carbocycles. The number of ether oxygens (including phenoxy) is 1. The second kappa shape index (κ2) is 18.1. The van der Waals surface area contributed by atoms with Gasteiger partial charge in [0.2, 0.25) is 0 Å². The maximum absolute atomic E-state index is 11.8. The van der Waals surface area contributed by atoms with E-state index in [1.807, 2.05) is 0 Å². The summed E-state index contributed by atoms with van der Waals surface area (Å²) in [6.07, 6.45) is 22.0. The zero-order valence-corrected chi connectivity index (χ0v) is 23.3. The lowest BCUT2D eigenvalue weighted by atomic mass is 10.0. The van der Waals surface area contributed by atoms with Gasteiger partial charge in [-0.1, -0.05) is 124 Å². The van der Waals surface area contributed by atoms with Crippen molar-refractivity contribution in [3.8, 4) is 0 Å². The molecule has 186 valence electrons. The van der Waals surface area contributed by atoms with E-state index in [4.69, 9.17) is 9.16 Å². The Morgan fingerprint density at radius 1 is 0.742 bits per heavy atom. The number of carbonyl (C=O) groups excluding carboxylic acids is 1. The average molecular weight is 457 g/mol. The Bertz CT molecular complexity index is 429. The highest BCUT2D eigenvalue weighted by Crippen LogP contribution is 2.38. The molecule has 0 radical (unpaired) electrons. The van der Waals surface area contributed by atoms with Crippen LogP contribution in [0.25, 0.3) is 0 Å². The van der Waals surface area contributed by atoms with Crippen molar-refractivity contribution in [1.29, 1.82) is 0 Å². The number of carbonyl (C=O) groups is 1. The number of esters is 1. The predicted octanol–water partition coefficient (Wildman–Crippen LogP) is 9.20. The van der Waals surface area contributed by atoms with Gasteiger partial charge in [-0.15, -0.1) is 0 Å². The van der Waals surface area contributed by atoms with E-state index in [-0.39, 0.29) is 17.1 Å². The van der Waals surface area contributed by atoms with Gasteiger partial charge in [-0.25, -0.2) is 0 Å². The van der Waals surface area contributed by atoms with Gasteiger partial charge in [0.15, 0.2) is 8.32 Å². The standard InChI is InChI=1S/C27H56O3Si/c1-8-9-10-11-12-13-14-15-16-17-18-19-20-21-22-23-25(24-26(28)29-5)30-31(6,7)27(2,3)4/h25H,8-24H2,1-7H3. The smallest absolute Gasteiger partial charge is 0.308 e. The summed E-state index contributed by atoms with van der Waals surface area (Å²) in [4.78, 5) is 11.8. The summed E-state index contributed by atoms with van der Waals surface area (Å²) in [6.45, 7) is 13.6. The van der Waals surface area contributed by atoms with Crippen LogP contribution in [-0.2, 0) is 14.0 Å². The third-order valence-corrected chi connectivity index (χ3v) is 11.6. The van der Waals surface area contributed by atoms with Crippen molar-refractivity contribution in [2.75, 3.05) is 7.11 Å². The molecule has 0 saturated heterocycles. The first-order valence-corrected chi connectivity index (χ1v) is 16.3. The Balaban J connectivity index is 3.82. The first-order valence-electron chi connectivity index (χ1n) is 13.4. The summed E-state index contributed by atoms with van der Waals surface area (Å²) in [5.74, 6) is -0.148. The molecule has 0 fully saturated rings. The molecule has 1 atom stereocenters. The highest BCUT2D eigenvalue weighted by atomic mass is 28.4. The summed E-state index contributed by atoms with van der Waals surface area (Å²) in [7, 11) is -0.393. The Morgan fingerprint density at radius 2 is 1.13 bits per heavy atom. The molecule has 0 saturated carbocycles. The molecule has 0 amide bonds. The van der Waals surface area contributed by atoms with Crippen LogP contribution in [0.3, 0.4) is 0 Å². The van der Waals surface area contributed by atoms with Crippen molar-refractivity contribution in [2.45, 2.75) is 161 Å². The summed E-state index contributed by atoms with van der Waals surface area (Å²) >= 11 is 0. The molecule has 1 unspecified atom stereocenters. The van der Waals surface area contributed by atoms with Gasteiger partial charge in [0, 0.05) is 0 Å². The van der Waals surface area contributed by atoms with Crippen molar-refractivity contribution >= 4 is 14.3 Å². The van der Waals surface area contributed by atoms with E-state index in [0.29, 0.717) is 6.42 Å². The van der Waals surface area contributed by atoms with E-state index < -0.39 is 8.32 Å². The minimum Gasteiger partial charge on any atom is -0.469 e. The molecule has 3 nitrogen and oxygen atoms in total. The number of unbranched alkanes of at least 4 members (excludes halogenated alkanes) is 14. The predicted molar refractivity (Wildman–Crippen MR) is 138 cm³/mol. The Labute approximate surface area is 196 Å². The first kappa shape index (κ1) is 30.6. The van der Waals surface area contributed by atoms with Crippen molar-refractivity contribution in [2.24, 2.45) is 0 Å². The van der Waals surface area contributed by atoms with Crippen LogP contribution in [0, 0.1) is 0 Å². The molecular formula is C27H56O3Si. The van der Waals surface area contributed by atoms with Crippen LogP contribution in [0.1, 0.15) is 137 Å². The molecule has 0 aromatic heterocycles. The quantitative estimate of drug-likeness (QED) is 0.104. The molecule has 31 heavy (non-hydrogen) atoms. The van der Waals surface area contributed by atoms with Gasteiger partial charge in [-0.05, 0) is 24.6 Å². The van der Waals surface area contributed by atoms with Crippen LogP contribution in [0.15, 0.2) is 0 Å². The monoisotopic (exact) mass is 456 g/mol. The summed E-state index contributed by atoms with van der Waals surface area (Å²) in [5, 5.41) is 0.163. The van der Waals surface area contributed by atoms with Gasteiger partial charge < -0.3 is 9.16 Å². The van der Waals surface area contributed by atoms with E-state index in [1.54, 1.807) is 0 Å². The fourth-order valence-corrected chi connectivity index (χ4v) is 5.20. The highest BCUT2D eigenvalue weighted by Gasteiger charge is 2.39. The maximum atomic E-state index is 11.8. The third kappa shape index (κ3) is 16.9. The minimum atomic E-state index is -1.86. The van der Waals surface area contributed by atoms with Crippen LogP contribution in [0.2, 0.25) is 18.1 Å². The number of methoxy groups -OCH3 is 1. The van der Waals surface area contributed by atoms with Gasteiger partial charge in [-0.2, -0.15) is 0 Å². The zero-order chi connectivity index (χ0) is 23.6. The molecule has 0 aliphatic heterocycles. The molecule has 0 bridgehead atoms. The van der Waals surface area contributed by atoms with E-state index in [0.717, 1.165) is 12.8 Å². The Kier molecular flexibility index (Phi) is 17.9. The molecule has 0 aromatic rings. The van der Waals surface area contributed by atoms with Gasteiger partial charge in [0.1, 0.15) is 0 Å². The summed E-state index contributed by atoms with van der Waals surface area (Å²) in [6, 6.07) is 0. The maximum Gasteiger partial charge on any atom is 0.308 e. The lowest BCUT2D eigenvalue weighted by Gasteiger charge is -2.39. The van der Waals surface area contributed by atoms with E-state index in [9.17, 15) is 4.79 Å². The minimum absolute atomic E-state index is 0.00955. The fraction of sp³-hybridized carbons (Fsp3) is 0.963. The van der Waals surface area contributed by atoms with Crippen molar-refractivity contribution in [1.82, 2.24) is 0 Å². The van der Waals surface area contributed by atoms with Gasteiger partial charge >= 0.3 is 5.97 Å². The normalized spacial score (nSPS) is 13.4. The number of hydrogen-bond acceptors (Lipinski definition) is 3. The lowest BCUT2D eigenvalue weighted by molar-refractivity contribution is -0.142. The molecule has 0 heterocycles. The first-order chi connectivity index (χ1) is 14.6. The molecule has 0 spiro atoms. The van der Waals surface area contributed by atoms with Crippen LogP contribution in [0.5, 0.6) is 0 Å². The molecule has 0 aromatic carbocycles. The SMILES string of the molecule is CCCCCCCCCCCCCCCCCC(CC(=O)OC)O[Si](C)(C)C(C)(C)C. The third-order valence-electron chi connectivity index (χ3n) is 7.02. The van der Waals surface area contributed by atoms with Crippen LogP contribution in [0.4, 0.5) is 0 Å². The van der Waals surface area contributed by atoms with Gasteiger partial charge in [-0.3, -0.25) is 4.79 Å². The second-order valence-electron chi connectivity index (χ2n) is 11.0. The fourth-order valence-electron chi connectivity index (χ4n) is 3.81. The lowest BCUT2D eigenvalue weighted by Crippen LogP contribution is -2.44. The second-order valence-corrected chi connectivity index (χ2v) is 15.8. The van der Waals surface area contributed by atoms with Crippen molar-refractivity contribution in [3.05, 3.63) is 0 Å². The highest BCUT2D eigenvalue weighted by molar-refractivity contribution is 6.74. The topological polar surface area (TPSA) is 35.5 Å². The summed E-state index contributed by atoms with van der Waals surface area (Å²) < 4.78 is 11.4. The molecular weight excluding hydrogens is 400 g/mol. The van der Waals surface area contributed by atoms with Crippen LogP contribution >= 0.6 is 0 Å². The molecule has 0 rings (SSSR count). The van der Waals surface area contributed by atoms with E-state index in [1.165, 1.54) is 97.0 Å². The zero-order valence-electron chi connectivity index (χ0n) is 22.3. The molecule has 4 heteroatoms. The average Bonchev–Trinajstić information content (AvgIpc) is 2.69. The largest absolute Gasteiger partial charge is 0.469 e. The summed E-state index contributed by atoms with van der Waals surface area (Å²) in [5.41, 5.74) is 0. The van der Waals surface area contributed by atoms with Crippen molar-refractivity contribution in [3.63, 3.8) is 0 Å². The van der Waals surface area contributed by atoms with E-state index in [2.05, 4.69) is 40.8 Å². The number of rotatable bonds is 20. The van der Waals surface area contributed by atoms with E-state index >= 15 is 0 Å².